The summed E-state index contributed by atoms with van der Waals surface area (Å²) < 4.78 is 6.72. The van der Waals surface area contributed by atoms with Gasteiger partial charge < -0.3 is 10.1 Å². The normalized spacial score (nSPS) is 18.3. The summed E-state index contributed by atoms with van der Waals surface area (Å²) in [4.78, 5) is 13.6. The van der Waals surface area contributed by atoms with Crippen LogP contribution >= 0.6 is 27.3 Å². The number of carbonyl (C=O) groups is 1. The van der Waals surface area contributed by atoms with Crippen LogP contribution in [0.2, 0.25) is 0 Å². The van der Waals surface area contributed by atoms with E-state index >= 15 is 0 Å². The summed E-state index contributed by atoms with van der Waals surface area (Å²) in [5, 5.41) is 4.93. The average molecular weight is 350 g/mol. The third kappa shape index (κ3) is 2.27. The largest absolute Gasteiger partial charge is 0.461 e. The van der Waals surface area contributed by atoms with Crippen molar-refractivity contribution in [2.75, 3.05) is 7.05 Å². The van der Waals surface area contributed by atoms with E-state index < -0.39 is 6.10 Å². The molecule has 1 aliphatic rings. The van der Waals surface area contributed by atoms with Gasteiger partial charge in [-0.3, -0.25) is 4.79 Å². The molecular formula is C15H12BrNO2S. The van der Waals surface area contributed by atoms with Gasteiger partial charge in [0.1, 0.15) is 0 Å². The number of halogens is 1. The first kappa shape index (κ1) is 13.4. The Hall–Kier alpha value is -1.59. The van der Waals surface area contributed by atoms with E-state index in [4.69, 9.17) is 4.74 Å². The smallest absolute Gasteiger partial charge is 0.214 e. The number of benzene rings is 1. The molecule has 5 heteroatoms. The van der Waals surface area contributed by atoms with E-state index in [1.165, 1.54) is 11.3 Å². The summed E-state index contributed by atoms with van der Waals surface area (Å²) in [5.74, 6) is 0.529. The Kier molecular flexibility index (Phi) is 3.63. The van der Waals surface area contributed by atoms with Crippen LogP contribution in [0.15, 0.2) is 52.1 Å². The molecule has 2 heterocycles. The van der Waals surface area contributed by atoms with E-state index in [2.05, 4.69) is 21.2 Å². The van der Waals surface area contributed by atoms with Crippen LogP contribution in [-0.4, -0.2) is 12.8 Å². The molecule has 1 N–H and O–H groups in total. The third-order valence-electron chi connectivity index (χ3n) is 3.09. The highest BCUT2D eigenvalue weighted by atomic mass is 79.9. The lowest BCUT2D eigenvalue weighted by Gasteiger charge is -2.08. The molecule has 0 aliphatic carbocycles. The fraction of sp³-hybridized carbons (Fsp3) is 0.133. The Morgan fingerprint density at radius 3 is 2.80 bits per heavy atom. The number of hydrogen-bond donors (Lipinski definition) is 1. The molecule has 20 heavy (non-hydrogen) atoms. The molecule has 1 aliphatic heterocycles. The van der Waals surface area contributed by atoms with Gasteiger partial charge in [0, 0.05) is 11.5 Å². The molecule has 0 amide bonds. The first-order valence-electron chi connectivity index (χ1n) is 6.13. The average Bonchev–Trinajstić information content (AvgIpc) is 3.05. The van der Waals surface area contributed by atoms with E-state index in [-0.39, 0.29) is 5.78 Å². The predicted molar refractivity (Wildman–Crippen MR) is 83.3 cm³/mol. The fourth-order valence-electron chi connectivity index (χ4n) is 2.20. The van der Waals surface area contributed by atoms with Crippen molar-refractivity contribution in [2.24, 2.45) is 0 Å². The van der Waals surface area contributed by atoms with Gasteiger partial charge in [0.2, 0.25) is 5.78 Å². The number of ether oxygens (including phenoxy) is 1. The highest BCUT2D eigenvalue weighted by molar-refractivity contribution is 9.10. The number of Topliss-reactive ketones (excluding diaryl/α,β-unsaturated/α-hetero) is 1. The highest BCUT2D eigenvalue weighted by Gasteiger charge is 2.37. The standard InChI is InChI=1S/C15H12BrNO2S/c1-17-15-12(9-4-2-5-10(16)8-9)13(18)14(19-15)11-6-3-7-20-11/h2-8,14,17H,1H3. The lowest BCUT2D eigenvalue weighted by atomic mass is 10.00. The monoisotopic (exact) mass is 349 g/mol. The van der Waals surface area contributed by atoms with Gasteiger partial charge in [-0.2, -0.15) is 0 Å². The number of nitrogens with one attached hydrogen (secondary N) is 1. The SMILES string of the molecule is CNC1=C(c2cccc(Br)c2)C(=O)C(c2cccs2)O1. The Morgan fingerprint density at radius 2 is 2.15 bits per heavy atom. The number of carbonyl (C=O) groups excluding carboxylic acids is 1. The molecule has 0 saturated heterocycles. The Bertz CT molecular complexity index is 679. The number of hydrogen-bond acceptors (Lipinski definition) is 4. The van der Waals surface area contributed by atoms with Gasteiger partial charge >= 0.3 is 0 Å². The van der Waals surface area contributed by atoms with Gasteiger partial charge in [0.15, 0.2) is 12.0 Å². The molecule has 0 saturated carbocycles. The van der Waals surface area contributed by atoms with Gasteiger partial charge in [0.05, 0.1) is 10.5 Å². The summed E-state index contributed by atoms with van der Waals surface area (Å²) in [6.07, 6.45) is -0.536. The number of rotatable bonds is 3. The molecule has 0 spiro atoms. The van der Waals surface area contributed by atoms with Gasteiger partial charge in [-0.05, 0) is 29.1 Å². The Morgan fingerprint density at radius 1 is 1.30 bits per heavy atom. The minimum Gasteiger partial charge on any atom is -0.461 e. The summed E-state index contributed by atoms with van der Waals surface area (Å²) in [6.45, 7) is 0. The van der Waals surface area contributed by atoms with E-state index in [0.717, 1.165) is 14.9 Å². The first-order chi connectivity index (χ1) is 9.70. The van der Waals surface area contributed by atoms with Crippen molar-refractivity contribution in [3.8, 4) is 0 Å². The maximum absolute atomic E-state index is 12.7. The summed E-state index contributed by atoms with van der Waals surface area (Å²) in [7, 11) is 1.76. The number of ketones is 1. The van der Waals surface area contributed by atoms with Crippen LogP contribution in [0.1, 0.15) is 16.5 Å². The van der Waals surface area contributed by atoms with Gasteiger partial charge in [-0.1, -0.05) is 34.1 Å². The maximum Gasteiger partial charge on any atom is 0.214 e. The maximum atomic E-state index is 12.7. The molecule has 1 aromatic heterocycles. The fourth-order valence-corrected chi connectivity index (χ4v) is 3.35. The topological polar surface area (TPSA) is 38.3 Å². The van der Waals surface area contributed by atoms with Crippen molar-refractivity contribution in [1.29, 1.82) is 0 Å². The lowest BCUT2D eigenvalue weighted by Crippen LogP contribution is -2.08. The lowest BCUT2D eigenvalue weighted by molar-refractivity contribution is -0.120. The second-order valence-electron chi connectivity index (χ2n) is 4.34. The van der Waals surface area contributed by atoms with Crippen LogP contribution in [0.3, 0.4) is 0 Å². The minimum atomic E-state index is -0.536. The summed E-state index contributed by atoms with van der Waals surface area (Å²) in [5.41, 5.74) is 1.46. The third-order valence-corrected chi connectivity index (χ3v) is 4.50. The summed E-state index contributed by atoms with van der Waals surface area (Å²) in [6, 6.07) is 11.5. The van der Waals surface area contributed by atoms with E-state index in [9.17, 15) is 4.79 Å². The number of thiophene rings is 1. The zero-order chi connectivity index (χ0) is 14.1. The van der Waals surface area contributed by atoms with Gasteiger partial charge in [-0.25, -0.2) is 0 Å². The van der Waals surface area contributed by atoms with Crippen molar-refractivity contribution in [2.45, 2.75) is 6.10 Å². The molecule has 102 valence electrons. The van der Waals surface area contributed by atoms with Crippen molar-refractivity contribution in [3.05, 3.63) is 62.6 Å². The molecular weight excluding hydrogens is 338 g/mol. The molecule has 0 radical (unpaired) electrons. The van der Waals surface area contributed by atoms with E-state index in [0.29, 0.717) is 11.5 Å². The van der Waals surface area contributed by atoms with Gasteiger partial charge in [0.25, 0.3) is 0 Å². The molecule has 1 aromatic carbocycles. The van der Waals surface area contributed by atoms with E-state index in [1.54, 1.807) is 7.05 Å². The van der Waals surface area contributed by atoms with E-state index in [1.807, 2.05) is 41.8 Å². The van der Waals surface area contributed by atoms with Crippen LogP contribution < -0.4 is 5.32 Å². The molecule has 3 nitrogen and oxygen atoms in total. The molecule has 3 rings (SSSR count). The Labute approximate surface area is 129 Å². The zero-order valence-electron chi connectivity index (χ0n) is 10.7. The molecule has 0 fully saturated rings. The van der Waals surface area contributed by atoms with Crippen LogP contribution in [0, 0.1) is 0 Å². The van der Waals surface area contributed by atoms with Crippen LogP contribution in [0.25, 0.3) is 5.57 Å². The second-order valence-corrected chi connectivity index (χ2v) is 6.24. The molecule has 1 unspecified atom stereocenters. The van der Waals surface area contributed by atoms with Crippen molar-refractivity contribution in [1.82, 2.24) is 5.32 Å². The molecule has 1 atom stereocenters. The molecule has 0 bridgehead atoms. The zero-order valence-corrected chi connectivity index (χ0v) is 13.1. The van der Waals surface area contributed by atoms with Crippen molar-refractivity contribution >= 4 is 38.6 Å². The van der Waals surface area contributed by atoms with Gasteiger partial charge in [-0.15, -0.1) is 11.3 Å². The quantitative estimate of drug-likeness (QED) is 0.917. The highest BCUT2D eigenvalue weighted by Crippen LogP contribution is 2.38. The second kappa shape index (κ2) is 5.42. The van der Waals surface area contributed by atoms with Crippen LogP contribution in [0.5, 0.6) is 0 Å². The van der Waals surface area contributed by atoms with Crippen LogP contribution in [-0.2, 0) is 9.53 Å². The van der Waals surface area contributed by atoms with Crippen LogP contribution in [0.4, 0.5) is 0 Å². The minimum absolute atomic E-state index is 0.00472. The predicted octanol–water partition coefficient (Wildman–Crippen LogP) is 3.74. The van der Waals surface area contributed by atoms with Crippen molar-refractivity contribution in [3.63, 3.8) is 0 Å². The first-order valence-corrected chi connectivity index (χ1v) is 7.80. The Balaban J connectivity index is 2.02. The summed E-state index contributed by atoms with van der Waals surface area (Å²) >= 11 is 4.96. The van der Waals surface area contributed by atoms with Crippen molar-refractivity contribution < 1.29 is 9.53 Å². The molecule has 2 aromatic rings.